The van der Waals surface area contributed by atoms with Crippen LogP contribution in [0.15, 0.2) is 6.20 Å². The van der Waals surface area contributed by atoms with Gasteiger partial charge in [-0.3, -0.25) is 9.48 Å². The molecule has 18 heavy (non-hydrogen) atoms. The number of hydrogen-bond donors (Lipinski definition) is 1. The molecule has 0 saturated carbocycles. The van der Waals surface area contributed by atoms with Crippen LogP contribution >= 0.6 is 0 Å². The van der Waals surface area contributed by atoms with Gasteiger partial charge < -0.3 is 10.1 Å². The van der Waals surface area contributed by atoms with E-state index in [-0.39, 0.29) is 18.1 Å². The van der Waals surface area contributed by atoms with Gasteiger partial charge in [0.15, 0.2) is 0 Å². The average molecular weight is 251 g/mol. The molecule has 2 heterocycles. The monoisotopic (exact) mass is 251 g/mol. The molecule has 1 aromatic heterocycles. The number of aryl methyl sites for hydroxylation is 2. The minimum Gasteiger partial charge on any atom is -0.376 e. The zero-order valence-electron chi connectivity index (χ0n) is 11.3. The van der Waals surface area contributed by atoms with Gasteiger partial charge >= 0.3 is 0 Å². The fourth-order valence-electron chi connectivity index (χ4n) is 2.28. The summed E-state index contributed by atoms with van der Waals surface area (Å²) < 4.78 is 7.35. The topological polar surface area (TPSA) is 56.2 Å². The lowest BCUT2D eigenvalue weighted by atomic mass is 10.1. The number of ether oxygens (including phenoxy) is 1. The maximum absolute atomic E-state index is 12.1. The fourth-order valence-corrected chi connectivity index (χ4v) is 2.28. The lowest BCUT2D eigenvalue weighted by molar-refractivity contribution is 0.0712. The normalized spacial score (nSPS) is 20.9. The molecule has 0 spiro atoms. The smallest absolute Gasteiger partial charge is 0.255 e. The molecule has 1 aliphatic heterocycles. The van der Waals surface area contributed by atoms with Gasteiger partial charge in [-0.15, -0.1) is 0 Å². The van der Waals surface area contributed by atoms with Crippen molar-refractivity contribution in [3.63, 3.8) is 0 Å². The van der Waals surface area contributed by atoms with Crippen LogP contribution in [-0.4, -0.2) is 34.4 Å². The molecular formula is C13H21N3O2. The molecule has 100 valence electrons. The molecule has 0 radical (unpaired) electrons. The third-order valence-electron chi connectivity index (χ3n) is 3.40. The Kier molecular flexibility index (Phi) is 4.01. The van der Waals surface area contributed by atoms with E-state index in [4.69, 9.17) is 4.74 Å². The number of carbonyl (C=O) groups is 1. The number of nitrogens with one attached hydrogen (secondary N) is 1. The number of nitrogens with zero attached hydrogens (tertiary/aromatic N) is 2. The van der Waals surface area contributed by atoms with Gasteiger partial charge in [0.25, 0.3) is 5.91 Å². The standard InChI is InChI=1S/C13H21N3O2/c1-4-16-8-11(9(2)15-16)13(17)14-10(3)12-6-5-7-18-12/h8,10,12H,4-7H2,1-3H3,(H,14,17). The van der Waals surface area contributed by atoms with Crippen LogP contribution < -0.4 is 5.32 Å². The zero-order chi connectivity index (χ0) is 13.1. The molecule has 5 nitrogen and oxygen atoms in total. The summed E-state index contributed by atoms with van der Waals surface area (Å²) in [6.45, 7) is 7.43. The van der Waals surface area contributed by atoms with Crippen molar-refractivity contribution in [3.05, 3.63) is 17.5 Å². The maximum Gasteiger partial charge on any atom is 0.255 e. The zero-order valence-corrected chi connectivity index (χ0v) is 11.3. The summed E-state index contributed by atoms with van der Waals surface area (Å²) >= 11 is 0. The number of carbonyl (C=O) groups excluding carboxylic acids is 1. The first-order chi connectivity index (χ1) is 8.61. The highest BCUT2D eigenvalue weighted by atomic mass is 16.5. The first-order valence-corrected chi connectivity index (χ1v) is 6.58. The predicted molar refractivity (Wildman–Crippen MR) is 68.5 cm³/mol. The summed E-state index contributed by atoms with van der Waals surface area (Å²) in [6.07, 6.45) is 4.05. The van der Waals surface area contributed by atoms with E-state index in [1.54, 1.807) is 10.9 Å². The summed E-state index contributed by atoms with van der Waals surface area (Å²) in [5.41, 5.74) is 1.43. The van der Waals surface area contributed by atoms with Crippen molar-refractivity contribution in [2.75, 3.05) is 6.61 Å². The van der Waals surface area contributed by atoms with Crippen LogP contribution in [0, 0.1) is 6.92 Å². The molecule has 0 aromatic carbocycles. The predicted octanol–water partition coefficient (Wildman–Crippen LogP) is 1.51. The highest BCUT2D eigenvalue weighted by molar-refractivity contribution is 5.95. The van der Waals surface area contributed by atoms with Crippen LogP contribution in [0.5, 0.6) is 0 Å². The van der Waals surface area contributed by atoms with Crippen molar-refractivity contribution in [3.8, 4) is 0 Å². The van der Waals surface area contributed by atoms with Gasteiger partial charge in [-0.25, -0.2) is 0 Å². The van der Waals surface area contributed by atoms with E-state index in [2.05, 4.69) is 10.4 Å². The summed E-state index contributed by atoms with van der Waals surface area (Å²) in [5, 5.41) is 7.28. The molecule has 1 fully saturated rings. The molecule has 1 aromatic rings. The Balaban J connectivity index is 1.99. The largest absolute Gasteiger partial charge is 0.376 e. The van der Waals surface area contributed by atoms with Crippen molar-refractivity contribution in [2.45, 2.75) is 52.3 Å². The van der Waals surface area contributed by atoms with Crippen LogP contribution in [0.3, 0.4) is 0 Å². The first-order valence-electron chi connectivity index (χ1n) is 6.58. The summed E-state index contributed by atoms with van der Waals surface area (Å²) in [4.78, 5) is 12.1. The second-order valence-corrected chi connectivity index (χ2v) is 4.80. The van der Waals surface area contributed by atoms with Gasteiger partial charge in [0.2, 0.25) is 0 Å². The Morgan fingerprint density at radius 1 is 1.72 bits per heavy atom. The lowest BCUT2D eigenvalue weighted by Crippen LogP contribution is -2.40. The van der Waals surface area contributed by atoms with E-state index < -0.39 is 0 Å². The van der Waals surface area contributed by atoms with Crippen LogP contribution in [0.2, 0.25) is 0 Å². The Morgan fingerprint density at radius 2 is 2.50 bits per heavy atom. The van der Waals surface area contributed by atoms with Gasteiger partial charge in [0, 0.05) is 19.3 Å². The molecular weight excluding hydrogens is 230 g/mol. The number of aromatic nitrogens is 2. The Morgan fingerprint density at radius 3 is 3.06 bits per heavy atom. The average Bonchev–Trinajstić information content (AvgIpc) is 2.97. The van der Waals surface area contributed by atoms with Gasteiger partial charge in [-0.05, 0) is 33.6 Å². The van der Waals surface area contributed by atoms with Gasteiger partial charge in [0.1, 0.15) is 0 Å². The maximum atomic E-state index is 12.1. The SMILES string of the molecule is CCn1cc(C(=O)NC(C)C2CCCO2)c(C)n1. The molecule has 0 bridgehead atoms. The minimum atomic E-state index is -0.0600. The summed E-state index contributed by atoms with van der Waals surface area (Å²) in [5.74, 6) is -0.0600. The summed E-state index contributed by atoms with van der Waals surface area (Å²) in [6, 6.07) is 0.0457. The van der Waals surface area contributed by atoms with Gasteiger partial charge in [-0.1, -0.05) is 0 Å². The van der Waals surface area contributed by atoms with Crippen LogP contribution in [0.4, 0.5) is 0 Å². The molecule has 1 amide bonds. The van der Waals surface area contributed by atoms with E-state index >= 15 is 0 Å². The lowest BCUT2D eigenvalue weighted by Gasteiger charge is -2.19. The van der Waals surface area contributed by atoms with E-state index in [0.29, 0.717) is 5.56 Å². The third-order valence-corrected chi connectivity index (χ3v) is 3.40. The van der Waals surface area contributed by atoms with E-state index in [1.807, 2.05) is 20.8 Å². The molecule has 1 aliphatic rings. The molecule has 5 heteroatoms. The Hall–Kier alpha value is -1.36. The highest BCUT2D eigenvalue weighted by Crippen LogP contribution is 2.16. The minimum absolute atomic E-state index is 0.0457. The van der Waals surface area contributed by atoms with Gasteiger partial charge in [-0.2, -0.15) is 5.10 Å². The Bertz CT molecular complexity index is 422. The van der Waals surface area contributed by atoms with E-state index in [1.165, 1.54) is 0 Å². The molecule has 2 unspecified atom stereocenters. The van der Waals surface area contributed by atoms with E-state index in [9.17, 15) is 4.79 Å². The number of amides is 1. The molecule has 1 saturated heterocycles. The van der Waals surface area contributed by atoms with Gasteiger partial charge in [0.05, 0.1) is 23.4 Å². The highest BCUT2D eigenvalue weighted by Gasteiger charge is 2.24. The summed E-state index contributed by atoms with van der Waals surface area (Å²) in [7, 11) is 0. The second kappa shape index (κ2) is 5.52. The molecule has 2 rings (SSSR count). The third kappa shape index (κ3) is 2.72. The van der Waals surface area contributed by atoms with Crippen molar-refractivity contribution in [1.82, 2.24) is 15.1 Å². The van der Waals surface area contributed by atoms with Crippen molar-refractivity contribution in [1.29, 1.82) is 0 Å². The van der Waals surface area contributed by atoms with Crippen molar-refractivity contribution in [2.24, 2.45) is 0 Å². The van der Waals surface area contributed by atoms with E-state index in [0.717, 1.165) is 31.7 Å². The number of hydrogen-bond acceptors (Lipinski definition) is 3. The number of rotatable bonds is 4. The van der Waals surface area contributed by atoms with Crippen LogP contribution in [0.1, 0.15) is 42.7 Å². The van der Waals surface area contributed by atoms with Crippen molar-refractivity contribution < 1.29 is 9.53 Å². The molecule has 2 atom stereocenters. The van der Waals surface area contributed by atoms with Crippen molar-refractivity contribution >= 4 is 5.91 Å². The quantitative estimate of drug-likeness (QED) is 0.882. The molecule has 1 N–H and O–H groups in total. The van der Waals surface area contributed by atoms with Crippen LogP contribution in [0.25, 0.3) is 0 Å². The first kappa shape index (κ1) is 13.1. The molecule has 0 aliphatic carbocycles. The Labute approximate surface area is 108 Å². The second-order valence-electron chi connectivity index (χ2n) is 4.80. The van der Waals surface area contributed by atoms with Crippen LogP contribution in [-0.2, 0) is 11.3 Å². The fraction of sp³-hybridized carbons (Fsp3) is 0.692.